The van der Waals surface area contributed by atoms with Crippen LogP contribution in [0.15, 0.2) is 84.3 Å². The smallest absolute Gasteiger partial charge is 0.255 e. The number of hydrogen-bond donors (Lipinski definition) is 2. The Morgan fingerprint density at radius 1 is 1.00 bits per heavy atom. The molecule has 0 spiro atoms. The van der Waals surface area contributed by atoms with Crippen LogP contribution in [0.4, 0.5) is 11.4 Å². The predicted octanol–water partition coefficient (Wildman–Crippen LogP) is 4.33. The third-order valence-corrected chi connectivity index (χ3v) is 5.49. The van der Waals surface area contributed by atoms with E-state index in [-0.39, 0.29) is 17.6 Å². The van der Waals surface area contributed by atoms with Crippen LogP contribution in [-0.4, -0.2) is 34.1 Å². The molecule has 0 aliphatic carbocycles. The van der Waals surface area contributed by atoms with Crippen molar-refractivity contribution in [3.8, 4) is 5.75 Å². The first kappa shape index (κ1) is 20.5. The number of aromatic nitrogens is 2. The Morgan fingerprint density at radius 2 is 1.77 bits per heavy atom. The Kier molecular flexibility index (Phi) is 6.18. The fourth-order valence-corrected chi connectivity index (χ4v) is 3.77. The Labute approximate surface area is 183 Å². The highest BCUT2D eigenvalue weighted by Gasteiger charge is 2.11. The van der Waals surface area contributed by atoms with Crippen molar-refractivity contribution in [3.05, 3.63) is 84.7 Å². The maximum atomic E-state index is 12.5. The molecule has 0 radical (unpaired) electrons. The van der Waals surface area contributed by atoms with E-state index in [4.69, 9.17) is 4.74 Å². The van der Waals surface area contributed by atoms with Crippen molar-refractivity contribution in [2.75, 3.05) is 23.5 Å². The number of nitrogens with zero attached hydrogens (tertiary/aromatic N) is 2. The first-order valence-electron chi connectivity index (χ1n) is 9.53. The largest absolute Gasteiger partial charge is 0.495 e. The number of rotatable bonds is 7. The van der Waals surface area contributed by atoms with Gasteiger partial charge in [-0.2, -0.15) is 0 Å². The van der Waals surface area contributed by atoms with E-state index >= 15 is 0 Å². The van der Waals surface area contributed by atoms with E-state index in [0.717, 1.165) is 10.7 Å². The Bertz CT molecular complexity index is 1220. The Balaban J connectivity index is 1.33. The van der Waals surface area contributed by atoms with E-state index in [1.54, 1.807) is 49.7 Å². The predicted molar refractivity (Wildman–Crippen MR) is 122 cm³/mol. The van der Waals surface area contributed by atoms with Gasteiger partial charge in [0, 0.05) is 17.4 Å². The SMILES string of the molecule is COc1ccccc1NC(=O)c1ccc(NC(=O)CSc2ncc3ccccn23)cc1. The summed E-state index contributed by atoms with van der Waals surface area (Å²) in [6.07, 6.45) is 3.69. The number of thioether (sulfide) groups is 1. The first-order chi connectivity index (χ1) is 15.1. The lowest BCUT2D eigenvalue weighted by Gasteiger charge is -2.10. The summed E-state index contributed by atoms with van der Waals surface area (Å²) in [5.74, 6) is 0.403. The number of benzene rings is 2. The molecule has 4 rings (SSSR count). The van der Waals surface area contributed by atoms with Crippen molar-refractivity contribution in [2.45, 2.75) is 5.16 Å². The van der Waals surface area contributed by atoms with Gasteiger partial charge in [-0.1, -0.05) is 30.0 Å². The Morgan fingerprint density at radius 3 is 2.58 bits per heavy atom. The van der Waals surface area contributed by atoms with Crippen LogP contribution in [-0.2, 0) is 4.79 Å². The molecule has 0 bridgehead atoms. The highest BCUT2D eigenvalue weighted by atomic mass is 32.2. The van der Waals surface area contributed by atoms with Crippen LogP contribution in [0.5, 0.6) is 5.75 Å². The van der Waals surface area contributed by atoms with E-state index in [0.29, 0.717) is 22.7 Å². The van der Waals surface area contributed by atoms with Crippen LogP contribution in [0.2, 0.25) is 0 Å². The molecule has 2 aromatic heterocycles. The highest BCUT2D eigenvalue weighted by Crippen LogP contribution is 2.24. The lowest BCUT2D eigenvalue weighted by Crippen LogP contribution is -2.15. The highest BCUT2D eigenvalue weighted by molar-refractivity contribution is 7.99. The van der Waals surface area contributed by atoms with Crippen LogP contribution in [0.3, 0.4) is 0 Å². The molecule has 2 aromatic carbocycles. The number of carbonyl (C=O) groups excluding carboxylic acids is 2. The maximum absolute atomic E-state index is 12.5. The number of amides is 2. The minimum absolute atomic E-state index is 0.149. The number of nitrogens with one attached hydrogen (secondary N) is 2. The zero-order valence-corrected chi connectivity index (χ0v) is 17.6. The molecule has 0 unspecified atom stereocenters. The van der Waals surface area contributed by atoms with Gasteiger partial charge in [-0.15, -0.1) is 0 Å². The molecular weight excluding hydrogens is 412 g/mol. The topological polar surface area (TPSA) is 84.7 Å². The Hall–Kier alpha value is -3.78. The molecule has 0 aliphatic heterocycles. The van der Waals surface area contributed by atoms with Gasteiger partial charge in [0.25, 0.3) is 5.91 Å². The lowest BCUT2D eigenvalue weighted by atomic mass is 10.2. The van der Waals surface area contributed by atoms with Gasteiger partial charge in [-0.3, -0.25) is 14.0 Å². The first-order valence-corrected chi connectivity index (χ1v) is 10.5. The molecule has 8 heteroatoms. The van der Waals surface area contributed by atoms with Crippen molar-refractivity contribution in [3.63, 3.8) is 0 Å². The molecule has 0 saturated carbocycles. The number of ether oxygens (including phenoxy) is 1. The number of methoxy groups -OCH3 is 1. The molecule has 156 valence electrons. The van der Waals surface area contributed by atoms with E-state index in [9.17, 15) is 9.59 Å². The minimum atomic E-state index is -0.260. The number of fused-ring (bicyclic) bond motifs is 1. The molecule has 0 atom stereocenters. The number of hydrogen-bond acceptors (Lipinski definition) is 5. The summed E-state index contributed by atoms with van der Waals surface area (Å²) in [6.45, 7) is 0. The summed E-state index contributed by atoms with van der Waals surface area (Å²) in [7, 11) is 1.55. The number of imidazole rings is 1. The quantitative estimate of drug-likeness (QED) is 0.425. The van der Waals surface area contributed by atoms with Gasteiger partial charge in [0.2, 0.25) is 5.91 Å². The van der Waals surface area contributed by atoms with Crippen molar-refractivity contribution < 1.29 is 14.3 Å². The summed E-state index contributed by atoms with van der Waals surface area (Å²) in [6, 6.07) is 19.7. The summed E-state index contributed by atoms with van der Waals surface area (Å²) >= 11 is 1.36. The van der Waals surface area contributed by atoms with Crippen LogP contribution in [0.1, 0.15) is 10.4 Å². The molecule has 2 amide bonds. The molecule has 31 heavy (non-hydrogen) atoms. The average molecular weight is 433 g/mol. The summed E-state index contributed by atoms with van der Waals surface area (Å²) < 4.78 is 7.19. The third kappa shape index (κ3) is 4.87. The number of para-hydroxylation sites is 2. The second kappa shape index (κ2) is 9.36. The fraction of sp³-hybridized carbons (Fsp3) is 0.0870. The number of pyridine rings is 1. The molecular formula is C23H20N4O3S. The van der Waals surface area contributed by atoms with Gasteiger partial charge in [0.15, 0.2) is 5.16 Å². The van der Waals surface area contributed by atoms with Crippen LogP contribution in [0, 0.1) is 0 Å². The monoisotopic (exact) mass is 432 g/mol. The summed E-state index contributed by atoms with van der Waals surface area (Å²) in [5.41, 5.74) is 2.66. The van der Waals surface area contributed by atoms with Crippen LogP contribution in [0.25, 0.3) is 5.52 Å². The van der Waals surface area contributed by atoms with Gasteiger partial charge in [0.05, 0.1) is 30.3 Å². The zero-order chi connectivity index (χ0) is 21.6. The number of carbonyl (C=O) groups is 2. The van der Waals surface area contributed by atoms with E-state index in [1.165, 1.54) is 11.8 Å². The second-order valence-corrected chi connectivity index (χ2v) is 7.55. The molecule has 7 nitrogen and oxygen atoms in total. The van der Waals surface area contributed by atoms with Crippen molar-refractivity contribution in [1.82, 2.24) is 9.38 Å². The molecule has 4 aromatic rings. The van der Waals surface area contributed by atoms with E-state index in [2.05, 4.69) is 15.6 Å². The summed E-state index contributed by atoms with van der Waals surface area (Å²) in [5, 5.41) is 6.42. The van der Waals surface area contributed by atoms with Crippen LogP contribution >= 0.6 is 11.8 Å². The van der Waals surface area contributed by atoms with E-state index in [1.807, 2.05) is 40.9 Å². The van der Waals surface area contributed by atoms with Gasteiger partial charge in [-0.05, 0) is 48.5 Å². The molecule has 0 saturated heterocycles. The van der Waals surface area contributed by atoms with Crippen molar-refractivity contribution in [2.24, 2.45) is 0 Å². The third-order valence-electron chi connectivity index (χ3n) is 4.52. The second-order valence-electron chi connectivity index (χ2n) is 6.60. The van der Waals surface area contributed by atoms with Gasteiger partial charge in [0.1, 0.15) is 5.75 Å². The molecule has 2 heterocycles. The van der Waals surface area contributed by atoms with Gasteiger partial charge < -0.3 is 15.4 Å². The molecule has 2 N–H and O–H groups in total. The minimum Gasteiger partial charge on any atom is -0.495 e. The van der Waals surface area contributed by atoms with Gasteiger partial charge in [-0.25, -0.2) is 4.98 Å². The lowest BCUT2D eigenvalue weighted by molar-refractivity contribution is -0.113. The molecule has 0 aliphatic rings. The van der Waals surface area contributed by atoms with Crippen molar-refractivity contribution >= 4 is 40.5 Å². The summed E-state index contributed by atoms with van der Waals surface area (Å²) in [4.78, 5) is 29.1. The van der Waals surface area contributed by atoms with Gasteiger partial charge >= 0.3 is 0 Å². The van der Waals surface area contributed by atoms with Crippen LogP contribution < -0.4 is 15.4 Å². The zero-order valence-electron chi connectivity index (χ0n) is 16.7. The average Bonchev–Trinajstić information content (AvgIpc) is 3.21. The fourth-order valence-electron chi connectivity index (χ4n) is 3.00. The normalized spacial score (nSPS) is 10.6. The maximum Gasteiger partial charge on any atom is 0.255 e. The standard InChI is InChI=1S/C23H20N4O3S/c1-30-20-8-3-2-7-19(20)26-22(29)16-9-11-17(12-10-16)25-21(28)15-31-23-24-14-18-6-4-5-13-27(18)23/h2-14H,15H2,1H3,(H,25,28)(H,26,29). The molecule has 0 fully saturated rings. The van der Waals surface area contributed by atoms with E-state index < -0.39 is 0 Å². The number of anilines is 2. The van der Waals surface area contributed by atoms with Crippen molar-refractivity contribution in [1.29, 1.82) is 0 Å².